The SMILES string of the molecule is Nn1c(NN=C2CCCCC2)nnc1SCC(=O)Nc1cccc(C(F)(F)F)c1. The zero-order chi connectivity index (χ0) is 20.9. The van der Waals surface area contributed by atoms with Gasteiger partial charge in [-0.05, 0) is 43.9 Å². The van der Waals surface area contributed by atoms with Crippen LogP contribution in [0.3, 0.4) is 0 Å². The van der Waals surface area contributed by atoms with Crippen LogP contribution in [-0.2, 0) is 11.0 Å². The first-order valence-electron chi connectivity index (χ1n) is 8.95. The number of nitrogens with one attached hydrogen (secondary N) is 2. The first kappa shape index (κ1) is 21.0. The summed E-state index contributed by atoms with van der Waals surface area (Å²) < 4.78 is 39.4. The third-order valence-electron chi connectivity index (χ3n) is 4.22. The molecular formula is C17H20F3N7OS. The zero-order valence-electron chi connectivity index (χ0n) is 15.4. The molecule has 156 valence electrons. The number of nitrogens with two attached hydrogens (primary N) is 1. The number of thioether (sulfide) groups is 1. The van der Waals surface area contributed by atoms with Crippen LogP contribution in [0.25, 0.3) is 0 Å². The molecule has 1 saturated carbocycles. The molecule has 0 spiro atoms. The molecule has 29 heavy (non-hydrogen) atoms. The van der Waals surface area contributed by atoms with Crippen molar-refractivity contribution in [2.75, 3.05) is 22.3 Å². The van der Waals surface area contributed by atoms with Crippen LogP contribution in [0.4, 0.5) is 24.8 Å². The van der Waals surface area contributed by atoms with E-state index in [0.29, 0.717) is 0 Å². The van der Waals surface area contributed by atoms with Crippen molar-refractivity contribution in [2.45, 2.75) is 43.4 Å². The van der Waals surface area contributed by atoms with Crippen molar-refractivity contribution >= 4 is 35.0 Å². The summed E-state index contributed by atoms with van der Waals surface area (Å²) in [4.78, 5) is 12.0. The first-order valence-corrected chi connectivity index (χ1v) is 9.93. The van der Waals surface area contributed by atoms with Gasteiger partial charge in [-0.1, -0.05) is 24.2 Å². The van der Waals surface area contributed by atoms with Crippen LogP contribution in [0, 0.1) is 0 Å². The third-order valence-corrected chi connectivity index (χ3v) is 5.16. The number of amides is 1. The topological polar surface area (TPSA) is 110 Å². The highest BCUT2D eigenvalue weighted by Crippen LogP contribution is 2.30. The molecule has 0 radical (unpaired) electrons. The number of nitrogens with zero attached hydrogens (tertiary/aromatic N) is 4. The summed E-state index contributed by atoms with van der Waals surface area (Å²) in [6, 6.07) is 4.43. The van der Waals surface area contributed by atoms with Gasteiger partial charge in [0.2, 0.25) is 11.1 Å². The van der Waals surface area contributed by atoms with E-state index in [1.165, 1.54) is 23.2 Å². The van der Waals surface area contributed by atoms with E-state index >= 15 is 0 Å². The molecular weight excluding hydrogens is 407 g/mol. The number of halogens is 3. The molecule has 0 saturated heterocycles. The van der Waals surface area contributed by atoms with Gasteiger partial charge in [-0.2, -0.15) is 18.3 Å². The summed E-state index contributed by atoms with van der Waals surface area (Å²) in [6.45, 7) is 0. The number of hydrogen-bond donors (Lipinski definition) is 3. The van der Waals surface area contributed by atoms with Crippen LogP contribution >= 0.6 is 11.8 Å². The molecule has 1 aliphatic rings. The van der Waals surface area contributed by atoms with E-state index in [1.807, 2.05) is 0 Å². The first-order chi connectivity index (χ1) is 13.8. The van der Waals surface area contributed by atoms with E-state index in [9.17, 15) is 18.0 Å². The van der Waals surface area contributed by atoms with Gasteiger partial charge in [-0.15, -0.1) is 10.2 Å². The van der Waals surface area contributed by atoms with Crippen LogP contribution in [0.15, 0.2) is 34.5 Å². The van der Waals surface area contributed by atoms with Crippen LogP contribution in [-0.4, -0.2) is 32.2 Å². The van der Waals surface area contributed by atoms with Crippen LogP contribution in [0.5, 0.6) is 0 Å². The molecule has 12 heteroatoms. The maximum atomic E-state index is 12.7. The van der Waals surface area contributed by atoms with Crippen LogP contribution < -0.4 is 16.6 Å². The summed E-state index contributed by atoms with van der Waals surface area (Å²) in [5.74, 6) is 5.56. The Bertz CT molecular complexity index is 889. The molecule has 1 fully saturated rings. The fourth-order valence-electron chi connectivity index (χ4n) is 2.75. The van der Waals surface area contributed by atoms with E-state index < -0.39 is 17.6 Å². The highest BCUT2D eigenvalue weighted by atomic mass is 32.2. The molecule has 0 unspecified atom stereocenters. The number of hydrazone groups is 1. The Kier molecular flexibility index (Phi) is 6.62. The number of carbonyl (C=O) groups excluding carboxylic acids is 1. The van der Waals surface area contributed by atoms with Crippen molar-refractivity contribution in [3.05, 3.63) is 29.8 Å². The standard InChI is InChI=1S/C17H20F3N7OS/c18-17(19,20)11-5-4-8-13(9-11)22-14(28)10-29-16-26-25-15(27(16)21)24-23-12-6-2-1-3-7-12/h4-5,8-9H,1-3,6-7,10,21H2,(H,22,28)(H,24,25). The minimum Gasteiger partial charge on any atom is -0.334 e. The van der Waals surface area contributed by atoms with E-state index in [2.05, 4.69) is 26.0 Å². The van der Waals surface area contributed by atoms with E-state index in [1.54, 1.807) is 0 Å². The minimum atomic E-state index is -4.48. The maximum absolute atomic E-state index is 12.7. The van der Waals surface area contributed by atoms with Crippen molar-refractivity contribution in [1.29, 1.82) is 0 Å². The third kappa shape index (κ3) is 5.86. The quantitative estimate of drug-likeness (QED) is 0.370. The molecule has 2 aromatic rings. The summed E-state index contributed by atoms with van der Waals surface area (Å²) in [6.07, 6.45) is 0.813. The number of benzene rings is 1. The van der Waals surface area contributed by atoms with Crippen LogP contribution in [0.1, 0.15) is 37.7 Å². The van der Waals surface area contributed by atoms with E-state index in [-0.39, 0.29) is 22.5 Å². The molecule has 0 atom stereocenters. The second-order valence-corrected chi connectivity index (χ2v) is 7.38. The number of anilines is 2. The fraction of sp³-hybridized carbons (Fsp3) is 0.412. The Labute approximate surface area is 169 Å². The molecule has 4 N–H and O–H groups in total. The zero-order valence-corrected chi connectivity index (χ0v) is 16.2. The molecule has 1 aromatic heterocycles. The Morgan fingerprint density at radius 2 is 2.00 bits per heavy atom. The van der Waals surface area contributed by atoms with E-state index in [4.69, 9.17) is 5.84 Å². The number of nitrogen functional groups attached to an aromatic ring is 1. The van der Waals surface area contributed by atoms with Gasteiger partial charge < -0.3 is 11.2 Å². The van der Waals surface area contributed by atoms with Crippen molar-refractivity contribution in [3.63, 3.8) is 0 Å². The highest BCUT2D eigenvalue weighted by Gasteiger charge is 2.30. The average Bonchev–Trinajstić information content (AvgIpc) is 3.05. The monoisotopic (exact) mass is 427 g/mol. The van der Waals surface area contributed by atoms with Gasteiger partial charge in [0.15, 0.2) is 0 Å². The summed E-state index contributed by atoms with van der Waals surface area (Å²) in [5.41, 5.74) is 3.06. The minimum absolute atomic E-state index is 0.0605. The molecule has 3 rings (SSSR count). The Morgan fingerprint density at radius 3 is 2.72 bits per heavy atom. The Morgan fingerprint density at radius 1 is 1.24 bits per heavy atom. The fourth-order valence-corrected chi connectivity index (χ4v) is 3.41. The number of aromatic nitrogens is 3. The molecule has 8 nitrogen and oxygen atoms in total. The number of alkyl halides is 3. The summed E-state index contributed by atoms with van der Waals surface area (Å²) in [7, 11) is 0. The average molecular weight is 427 g/mol. The van der Waals surface area contributed by atoms with Crippen molar-refractivity contribution in [1.82, 2.24) is 14.9 Å². The van der Waals surface area contributed by atoms with Gasteiger partial charge in [0.1, 0.15) is 0 Å². The molecule has 0 bridgehead atoms. The van der Waals surface area contributed by atoms with Crippen molar-refractivity contribution in [2.24, 2.45) is 5.10 Å². The molecule has 1 amide bonds. The smallest absolute Gasteiger partial charge is 0.334 e. The summed E-state index contributed by atoms with van der Waals surface area (Å²) in [5, 5.41) is 14.8. The lowest BCUT2D eigenvalue weighted by Gasteiger charge is -2.12. The lowest BCUT2D eigenvalue weighted by Crippen LogP contribution is -2.17. The number of carbonyl (C=O) groups is 1. The molecule has 1 aliphatic carbocycles. The van der Waals surface area contributed by atoms with Crippen LogP contribution in [0.2, 0.25) is 0 Å². The number of hydrogen-bond acceptors (Lipinski definition) is 7. The second-order valence-electron chi connectivity index (χ2n) is 6.44. The molecule has 0 aliphatic heterocycles. The normalized spacial score (nSPS) is 14.5. The lowest BCUT2D eigenvalue weighted by atomic mass is 9.99. The Balaban J connectivity index is 1.53. The maximum Gasteiger partial charge on any atom is 0.416 e. The van der Waals surface area contributed by atoms with Gasteiger partial charge in [0, 0.05) is 11.4 Å². The van der Waals surface area contributed by atoms with Gasteiger partial charge in [-0.25, -0.2) is 10.1 Å². The van der Waals surface area contributed by atoms with Gasteiger partial charge >= 0.3 is 6.18 Å². The predicted octanol–water partition coefficient (Wildman–Crippen LogP) is 3.47. The molecule has 1 aromatic carbocycles. The van der Waals surface area contributed by atoms with Gasteiger partial charge in [0.05, 0.1) is 11.3 Å². The lowest BCUT2D eigenvalue weighted by molar-refractivity contribution is -0.137. The van der Waals surface area contributed by atoms with Crippen molar-refractivity contribution in [3.8, 4) is 0 Å². The number of rotatable bonds is 6. The predicted molar refractivity (Wildman–Crippen MR) is 105 cm³/mol. The van der Waals surface area contributed by atoms with Crippen molar-refractivity contribution < 1.29 is 18.0 Å². The van der Waals surface area contributed by atoms with Gasteiger partial charge in [0.25, 0.3) is 5.95 Å². The Hall–Kier alpha value is -2.76. The van der Waals surface area contributed by atoms with Gasteiger partial charge in [-0.3, -0.25) is 4.79 Å². The largest absolute Gasteiger partial charge is 0.416 e. The molecule has 1 heterocycles. The summed E-state index contributed by atoms with van der Waals surface area (Å²) >= 11 is 1.01. The van der Waals surface area contributed by atoms with E-state index in [0.717, 1.165) is 55.3 Å². The highest BCUT2D eigenvalue weighted by molar-refractivity contribution is 7.99. The second kappa shape index (κ2) is 9.16.